The fourth-order valence-corrected chi connectivity index (χ4v) is 2.42. The zero-order valence-electron chi connectivity index (χ0n) is 11.8. The fourth-order valence-electron chi connectivity index (χ4n) is 1.74. The molecule has 1 amide bonds. The number of ether oxygens (including phenoxy) is 1. The molecule has 120 valence electrons. The van der Waals surface area contributed by atoms with E-state index in [1.54, 1.807) is 6.07 Å². The number of aromatic nitrogens is 2. The largest absolute Gasteiger partial charge is 0.464 e. The van der Waals surface area contributed by atoms with E-state index in [9.17, 15) is 9.59 Å². The highest BCUT2D eigenvalue weighted by molar-refractivity contribution is 6.44. The molecule has 0 spiro atoms. The van der Waals surface area contributed by atoms with E-state index in [1.807, 2.05) is 0 Å². The first-order valence-electron chi connectivity index (χ1n) is 6.25. The van der Waals surface area contributed by atoms with Gasteiger partial charge in [-0.3, -0.25) is 4.79 Å². The predicted molar refractivity (Wildman–Crippen MR) is 87.2 cm³/mol. The molecule has 1 aromatic heterocycles. The van der Waals surface area contributed by atoms with Crippen LogP contribution in [0, 0.1) is 0 Å². The monoisotopic (exact) mass is 373 g/mol. The van der Waals surface area contributed by atoms with Crippen LogP contribution in [0.4, 0.5) is 5.82 Å². The quantitative estimate of drug-likeness (QED) is 0.655. The summed E-state index contributed by atoms with van der Waals surface area (Å²) >= 11 is 18.0. The minimum Gasteiger partial charge on any atom is -0.464 e. The maximum Gasteiger partial charge on any atom is 0.360 e. The maximum absolute atomic E-state index is 12.2. The number of hydrogen-bond donors (Lipinski definition) is 1. The third-order valence-electron chi connectivity index (χ3n) is 2.81. The number of carbonyl (C=O) groups excluding carboxylic acids is 2. The molecule has 23 heavy (non-hydrogen) atoms. The zero-order chi connectivity index (χ0) is 17.0. The Morgan fingerprint density at radius 2 is 1.78 bits per heavy atom. The van der Waals surface area contributed by atoms with Crippen molar-refractivity contribution in [3.63, 3.8) is 0 Å². The average Bonchev–Trinajstić information content (AvgIpc) is 2.55. The van der Waals surface area contributed by atoms with Gasteiger partial charge in [-0.15, -0.1) is 0 Å². The van der Waals surface area contributed by atoms with Crippen molar-refractivity contribution in [3.8, 4) is 0 Å². The van der Waals surface area contributed by atoms with Gasteiger partial charge in [-0.25, -0.2) is 14.8 Å². The number of benzene rings is 1. The van der Waals surface area contributed by atoms with Crippen LogP contribution in [-0.4, -0.2) is 29.0 Å². The van der Waals surface area contributed by atoms with Crippen LogP contribution < -0.4 is 5.32 Å². The van der Waals surface area contributed by atoms with Gasteiger partial charge in [0, 0.05) is 23.0 Å². The number of halogens is 3. The molecule has 1 aromatic carbocycles. The van der Waals surface area contributed by atoms with Crippen molar-refractivity contribution >= 4 is 52.5 Å². The van der Waals surface area contributed by atoms with E-state index < -0.39 is 11.9 Å². The van der Waals surface area contributed by atoms with Crippen LogP contribution in [0.25, 0.3) is 0 Å². The molecular formula is C14H10Cl3N3O3. The minimum absolute atomic E-state index is 0.0152. The number of hydrogen-bond acceptors (Lipinski definition) is 5. The Kier molecular flexibility index (Phi) is 5.76. The fraction of sp³-hybridized carbons (Fsp3) is 0.143. The van der Waals surface area contributed by atoms with Crippen LogP contribution in [0.15, 0.2) is 24.5 Å². The first-order valence-corrected chi connectivity index (χ1v) is 7.39. The normalized spacial score (nSPS) is 10.3. The molecule has 2 aromatic rings. The van der Waals surface area contributed by atoms with E-state index in [4.69, 9.17) is 34.8 Å². The molecule has 0 atom stereocenters. The third kappa shape index (κ3) is 4.10. The Balaban J connectivity index is 2.22. The second-order valence-corrected chi connectivity index (χ2v) is 5.48. The minimum atomic E-state index is -0.716. The van der Waals surface area contributed by atoms with Crippen LogP contribution in [0.5, 0.6) is 0 Å². The molecule has 0 unspecified atom stereocenters. The zero-order valence-corrected chi connectivity index (χ0v) is 14.0. The second kappa shape index (κ2) is 7.59. The number of carbonyl (C=O) groups is 2. The lowest BCUT2D eigenvalue weighted by Crippen LogP contribution is -2.19. The van der Waals surface area contributed by atoms with E-state index >= 15 is 0 Å². The number of nitrogens with one attached hydrogen (secondary N) is 1. The SMILES string of the molecule is COC(=O)c1nccnc1NC(=O)Cc1c(Cl)ccc(Cl)c1Cl. The van der Waals surface area contributed by atoms with Crippen molar-refractivity contribution in [3.05, 3.63) is 50.9 Å². The highest BCUT2D eigenvalue weighted by Crippen LogP contribution is 2.31. The number of nitrogens with zero attached hydrogens (tertiary/aromatic N) is 2. The maximum atomic E-state index is 12.2. The van der Waals surface area contributed by atoms with E-state index in [-0.39, 0.29) is 28.0 Å². The van der Waals surface area contributed by atoms with Gasteiger partial charge >= 0.3 is 5.97 Å². The third-order valence-corrected chi connectivity index (χ3v) is 4.01. The highest BCUT2D eigenvalue weighted by Gasteiger charge is 2.18. The van der Waals surface area contributed by atoms with E-state index in [2.05, 4.69) is 20.0 Å². The van der Waals surface area contributed by atoms with Crippen molar-refractivity contribution in [1.29, 1.82) is 0 Å². The number of amides is 1. The van der Waals surface area contributed by atoms with Crippen LogP contribution in [0.1, 0.15) is 16.1 Å². The molecule has 0 radical (unpaired) electrons. The Morgan fingerprint density at radius 1 is 1.13 bits per heavy atom. The Morgan fingerprint density at radius 3 is 2.48 bits per heavy atom. The van der Waals surface area contributed by atoms with Gasteiger partial charge in [0.1, 0.15) is 0 Å². The smallest absolute Gasteiger partial charge is 0.360 e. The van der Waals surface area contributed by atoms with Crippen molar-refractivity contribution in [2.45, 2.75) is 6.42 Å². The summed E-state index contributed by atoms with van der Waals surface area (Å²) in [4.78, 5) is 31.5. The predicted octanol–water partition coefficient (Wildman–Crippen LogP) is 3.40. The molecule has 9 heteroatoms. The number of methoxy groups -OCH3 is 1. The molecule has 1 heterocycles. The van der Waals surface area contributed by atoms with Gasteiger partial charge in [0.25, 0.3) is 0 Å². The molecule has 0 aliphatic heterocycles. The van der Waals surface area contributed by atoms with Crippen LogP contribution in [0.2, 0.25) is 15.1 Å². The molecule has 2 rings (SSSR count). The van der Waals surface area contributed by atoms with Gasteiger partial charge in [-0.05, 0) is 12.1 Å². The molecule has 0 fully saturated rings. The molecule has 0 aliphatic rings. The van der Waals surface area contributed by atoms with Crippen LogP contribution >= 0.6 is 34.8 Å². The molecule has 0 saturated carbocycles. The van der Waals surface area contributed by atoms with Gasteiger partial charge in [0.2, 0.25) is 5.91 Å². The number of esters is 1. The standard InChI is InChI=1S/C14H10Cl3N3O3/c1-23-14(22)12-13(19-5-4-18-12)20-10(21)6-7-8(15)2-3-9(16)11(7)17/h2-5H,6H2,1H3,(H,19,20,21). The Labute approximate surface area is 146 Å². The van der Waals surface area contributed by atoms with Gasteiger partial charge < -0.3 is 10.1 Å². The molecule has 0 bridgehead atoms. The van der Waals surface area contributed by atoms with Gasteiger partial charge in [0.05, 0.1) is 23.6 Å². The van der Waals surface area contributed by atoms with Crippen LogP contribution in [-0.2, 0) is 16.0 Å². The summed E-state index contributed by atoms with van der Waals surface area (Å²) in [5, 5.41) is 3.26. The lowest BCUT2D eigenvalue weighted by molar-refractivity contribution is -0.115. The van der Waals surface area contributed by atoms with Crippen molar-refractivity contribution in [2.75, 3.05) is 12.4 Å². The van der Waals surface area contributed by atoms with E-state index in [1.165, 1.54) is 25.6 Å². The Bertz CT molecular complexity index is 768. The van der Waals surface area contributed by atoms with Crippen molar-refractivity contribution in [1.82, 2.24) is 9.97 Å². The summed E-state index contributed by atoms with van der Waals surface area (Å²) in [7, 11) is 1.20. The molecular weight excluding hydrogens is 365 g/mol. The Hall–Kier alpha value is -1.89. The lowest BCUT2D eigenvalue weighted by atomic mass is 10.1. The second-order valence-electron chi connectivity index (χ2n) is 4.29. The number of rotatable bonds is 4. The lowest BCUT2D eigenvalue weighted by Gasteiger charge is -2.10. The first-order chi connectivity index (χ1) is 10.9. The van der Waals surface area contributed by atoms with Crippen molar-refractivity contribution < 1.29 is 14.3 Å². The summed E-state index contributed by atoms with van der Waals surface area (Å²) in [5.74, 6) is -1.22. The molecule has 6 nitrogen and oxygen atoms in total. The van der Waals surface area contributed by atoms with Gasteiger partial charge in [0.15, 0.2) is 11.5 Å². The summed E-state index contributed by atoms with van der Waals surface area (Å²) in [6.45, 7) is 0. The first kappa shape index (κ1) is 17.5. The summed E-state index contributed by atoms with van der Waals surface area (Å²) < 4.78 is 4.58. The average molecular weight is 375 g/mol. The number of anilines is 1. The summed E-state index contributed by atoms with van der Waals surface area (Å²) in [6, 6.07) is 3.08. The topological polar surface area (TPSA) is 81.2 Å². The van der Waals surface area contributed by atoms with Gasteiger partial charge in [-0.1, -0.05) is 34.8 Å². The van der Waals surface area contributed by atoms with E-state index in [0.29, 0.717) is 10.6 Å². The highest BCUT2D eigenvalue weighted by atomic mass is 35.5. The molecule has 1 N–H and O–H groups in total. The van der Waals surface area contributed by atoms with Crippen LogP contribution in [0.3, 0.4) is 0 Å². The summed E-state index contributed by atoms with van der Waals surface area (Å²) in [6.07, 6.45) is 2.50. The summed E-state index contributed by atoms with van der Waals surface area (Å²) in [5.41, 5.74) is 0.272. The van der Waals surface area contributed by atoms with Crippen molar-refractivity contribution in [2.24, 2.45) is 0 Å². The van der Waals surface area contributed by atoms with E-state index in [0.717, 1.165) is 0 Å². The van der Waals surface area contributed by atoms with Gasteiger partial charge in [-0.2, -0.15) is 0 Å². The molecule has 0 saturated heterocycles. The molecule has 0 aliphatic carbocycles.